The molecule has 1 heterocycles. The molecule has 0 spiro atoms. The summed E-state index contributed by atoms with van der Waals surface area (Å²) < 4.78 is 0. The molecule has 2 aromatic rings. The zero-order valence-electron chi connectivity index (χ0n) is 9.85. The van der Waals surface area contributed by atoms with Gasteiger partial charge in [0.05, 0.1) is 0 Å². The van der Waals surface area contributed by atoms with Crippen molar-refractivity contribution >= 4 is 44.9 Å². The first kappa shape index (κ1) is 14.1. The maximum Gasteiger partial charge on any atom is 0.274 e. The van der Waals surface area contributed by atoms with Crippen LogP contribution in [0.15, 0.2) is 35.5 Å². The van der Waals surface area contributed by atoms with Gasteiger partial charge in [0.25, 0.3) is 5.91 Å². The van der Waals surface area contributed by atoms with E-state index in [2.05, 4.69) is 15.3 Å². The van der Waals surface area contributed by atoms with Gasteiger partial charge in [-0.05, 0) is 52.3 Å². The Morgan fingerprint density at radius 1 is 1.32 bits per heavy atom. The van der Waals surface area contributed by atoms with Gasteiger partial charge in [-0.1, -0.05) is 11.6 Å². The summed E-state index contributed by atoms with van der Waals surface area (Å²) in [6.07, 6.45) is 1.25. The first-order valence-corrected chi connectivity index (χ1v) is 7.30. The quantitative estimate of drug-likeness (QED) is 0.872. The van der Waals surface area contributed by atoms with E-state index >= 15 is 0 Å². The van der Waals surface area contributed by atoms with E-state index in [1.165, 1.54) is 12.4 Å². The van der Waals surface area contributed by atoms with Crippen LogP contribution in [0.3, 0.4) is 0 Å². The lowest BCUT2D eigenvalue weighted by Gasteiger charge is -2.08. The third-order valence-electron chi connectivity index (χ3n) is 2.40. The zero-order valence-corrected chi connectivity index (χ0v) is 12.2. The highest BCUT2D eigenvalue weighted by molar-refractivity contribution is 8.21. The smallest absolute Gasteiger partial charge is 0.274 e. The van der Waals surface area contributed by atoms with Crippen molar-refractivity contribution in [3.8, 4) is 0 Å². The number of anilines is 1. The van der Waals surface area contributed by atoms with Crippen LogP contribution in [0.1, 0.15) is 16.1 Å². The molecule has 2 rings (SSSR count). The lowest BCUT2D eigenvalue weighted by molar-refractivity contribution is 0.102. The number of benzene rings is 1. The minimum Gasteiger partial charge on any atom is -0.320 e. The van der Waals surface area contributed by atoms with E-state index in [4.69, 9.17) is 22.3 Å². The van der Waals surface area contributed by atoms with Crippen LogP contribution in [0.25, 0.3) is 0 Å². The zero-order chi connectivity index (χ0) is 13.8. The van der Waals surface area contributed by atoms with E-state index < -0.39 is 0 Å². The molecular weight excluding hydrogens is 305 g/mol. The molecule has 0 aliphatic rings. The van der Waals surface area contributed by atoms with Gasteiger partial charge >= 0.3 is 0 Å². The van der Waals surface area contributed by atoms with Gasteiger partial charge in [0, 0.05) is 16.6 Å². The molecule has 0 unspecified atom stereocenters. The Morgan fingerprint density at radius 2 is 2.11 bits per heavy atom. The second-order valence-corrected chi connectivity index (χ2v) is 5.21. The maximum absolute atomic E-state index is 12.0. The van der Waals surface area contributed by atoms with Crippen LogP contribution in [0.5, 0.6) is 0 Å². The van der Waals surface area contributed by atoms with Crippen molar-refractivity contribution in [1.82, 2.24) is 9.97 Å². The van der Waals surface area contributed by atoms with Gasteiger partial charge < -0.3 is 5.32 Å². The van der Waals surface area contributed by atoms with Gasteiger partial charge in [0.1, 0.15) is 17.2 Å². The Balaban J connectivity index is 2.19. The normalized spacial score (nSPS) is 10.3. The average Bonchev–Trinajstić information content (AvgIpc) is 2.41. The SMILES string of the molecule is Cc1cc(SCl)ccc1NC(=O)c1cc(Cl)ncn1. The predicted molar refractivity (Wildman–Crippen MR) is 77.9 cm³/mol. The molecule has 1 aromatic carbocycles. The first-order chi connectivity index (χ1) is 9.10. The lowest BCUT2D eigenvalue weighted by Crippen LogP contribution is -2.14. The summed E-state index contributed by atoms with van der Waals surface area (Å²) >= 11 is 5.71. The number of halogens is 2. The molecule has 19 heavy (non-hydrogen) atoms. The summed E-state index contributed by atoms with van der Waals surface area (Å²) in [4.78, 5) is 20.5. The fourth-order valence-corrected chi connectivity index (χ4v) is 2.24. The van der Waals surface area contributed by atoms with Crippen molar-refractivity contribution in [1.29, 1.82) is 0 Å². The molecule has 0 radical (unpaired) electrons. The van der Waals surface area contributed by atoms with Gasteiger partial charge in [-0.2, -0.15) is 0 Å². The van der Waals surface area contributed by atoms with Crippen LogP contribution in [-0.2, 0) is 0 Å². The summed E-state index contributed by atoms with van der Waals surface area (Å²) in [5.41, 5.74) is 1.84. The van der Waals surface area contributed by atoms with E-state index in [0.29, 0.717) is 5.69 Å². The molecule has 98 valence electrons. The molecule has 0 atom stereocenters. The Labute approximate surface area is 124 Å². The highest BCUT2D eigenvalue weighted by atomic mass is 35.7. The Kier molecular flexibility index (Phi) is 4.63. The van der Waals surface area contributed by atoms with Crippen LogP contribution in [0, 0.1) is 6.92 Å². The number of aryl methyl sites for hydroxylation is 1. The third-order valence-corrected chi connectivity index (χ3v) is 3.57. The van der Waals surface area contributed by atoms with Gasteiger partial charge in [-0.15, -0.1) is 0 Å². The Bertz CT molecular complexity index is 622. The topological polar surface area (TPSA) is 54.9 Å². The average molecular weight is 314 g/mol. The minimum absolute atomic E-state index is 0.218. The van der Waals surface area contributed by atoms with Crippen LogP contribution >= 0.6 is 33.3 Å². The molecule has 0 aliphatic carbocycles. The van der Waals surface area contributed by atoms with E-state index in [0.717, 1.165) is 21.4 Å². The van der Waals surface area contributed by atoms with Crippen molar-refractivity contribution in [2.75, 3.05) is 5.32 Å². The van der Waals surface area contributed by atoms with Crippen molar-refractivity contribution < 1.29 is 4.79 Å². The van der Waals surface area contributed by atoms with Crippen LogP contribution in [0.4, 0.5) is 5.69 Å². The maximum atomic E-state index is 12.0. The Morgan fingerprint density at radius 3 is 2.74 bits per heavy atom. The summed E-state index contributed by atoms with van der Waals surface area (Å²) in [6.45, 7) is 1.89. The predicted octanol–water partition coefficient (Wildman–Crippen LogP) is 3.94. The number of nitrogens with zero attached hydrogens (tertiary/aromatic N) is 2. The monoisotopic (exact) mass is 313 g/mol. The van der Waals surface area contributed by atoms with Crippen molar-refractivity contribution in [3.63, 3.8) is 0 Å². The largest absolute Gasteiger partial charge is 0.320 e. The van der Waals surface area contributed by atoms with E-state index in [-0.39, 0.29) is 16.8 Å². The summed E-state index contributed by atoms with van der Waals surface area (Å²) in [5, 5.41) is 2.99. The molecule has 0 bridgehead atoms. The molecule has 1 amide bonds. The van der Waals surface area contributed by atoms with E-state index in [9.17, 15) is 4.79 Å². The van der Waals surface area contributed by atoms with E-state index in [1.807, 2.05) is 19.1 Å². The third kappa shape index (κ3) is 3.59. The van der Waals surface area contributed by atoms with Gasteiger partial charge in [0.2, 0.25) is 0 Å². The highest BCUT2D eigenvalue weighted by Crippen LogP contribution is 2.26. The molecule has 1 aromatic heterocycles. The molecule has 7 heteroatoms. The lowest BCUT2D eigenvalue weighted by atomic mass is 10.2. The second-order valence-electron chi connectivity index (χ2n) is 3.73. The van der Waals surface area contributed by atoms with Gasteiger partial charge in [0.15, 0.2) is 0 Å². The number of hydrogen-bond acceptors (Lipinski definition) is 4. The standard InChI is InChI=1S/C12H9Cl2N3OS/c1-7-4-8(19-14)2-3-9(7)17-12(18)10-5-11(13)16-6-15-10/h2-6H,1H3,(H,17,18). The molecule has 0 saturated heterocycles. The van der Waals surface area contributed by atoms with Gasteiger partial charge in [-0.3, -0.25) is 4.79 Å². The molecule has 0 fully saturated rings. The van der Waals surface area contributed by atoms with Crippen molar-refractivity contribution in [2.45, 2.75) is 11.8 Å². The number of carbonyl (C=O) groups excluding carboxylic acids is 1. The summed E-state index contributed by atoms with van der Waals surface area (Å²) in [7, 11) is 6.80. The number of amides is 1. The molecule has 1 N–H and O–H groups in total. The van der Waals surface area contributed by atoms with Crippen LogP contribution in [0.2, 0.25) is 5.15 Å². The second kappa shape index (κ2) is 6.23. The fraction of sp³-hybridized carbons (Fsp3) is 0.0833. The van der Waals surface area contributed by atoms with Gasteiger partial charge in [-0.25, -0.2) is 9.97 Å². The number of rotatable bonds is 3. The highest BCUT2D eigenvalue weighted by Gasteiger charge is 2.10. The van der Waals surface area contributed by atoms with Crippen molar-refractivity contribution in [3.05, 3.63) is 47.0 Å². The summed E-state index contributed by atoms with van der Waals surface area (Å²) in [5.74, 6) is -0.335. The molecule has 0 aliphatic heterocycles. The molecule has 0 saturated carbocycles. The minimum atomic E-state index is -0.335. The number of aromatic nitrogens is 2. The van der Waals surface area contributed by atoms with Crippen LogP contribution in [-0.4, -0.2) is 15.9 Å². The Hall–Kier alpha value is -1.30. The first-order valence-electron chi connectivity index (χ1n) is 5.28. The number of hydrogen-bond donors (Lipinski definition) is 1. The summed E-state index contributed by atoms with van der Waals surface area (Å²) in [6, 6.07) is 6.92. The van der Waals surface area contributed by atoms with E-state index in [1.54, 1.807) is 6.07 Å². The van der Waals surface area contributed by atoms with Crippen LogP contribution < -0.4 is 5.32 Å². The molecule has 4 nitrogen and oxygen atoms in total. The number of carbonyl (C=O) groups is 1. The fourth-order valence-electron chi connectivity index (χ4n) is 1.47. The number of nitrogens with one attached hydrogen (secondary N) is 1. The van der Waals surface area contributed by atoms with Crippen molar-refractivity contribution in [2.24, 2.45) is 0 Å². The molecular formula is C12H9Cl2N3OS.